The molecule has 0 amide bonds. The van der Waals surface area contributed by atoms with Crippen LogP contribution in [0.25, 0.3) is 10.8 Å². The molecule has 1 aliphatic heterocycles. The van der Waals surface area contributed by atoms with Crippen LogP contribution in [0.5, 0.6) is 0 Å². The van der Waals surface area contributed by atoms with Gasteiger partial charge in [-0.3, -0.25) is 0 Å². The van der Waals surface area contributed by atoms with Gasteiger partial charge in [0.1, 0.15) is 0 Å². The lowest BCUT2D eigenvalue weighted by molar-refractivity contribution is 0.370. The largest absolute Gasteiger partial charge is 0.310 e. The second-order valence-electron chi connectivity index (χ2n) is 6.25. The summed E-state index contributed by atoms with van der Waals surface area (Å²) in [7, 11) is 0. The maximum atomic E-state index is 3.70. The van der Waals surface area contributed by atoms with Gasteiger partial charge < -0.3 is 5.32 Å². The van der Waals surface area contributed by atoms with E-state index in [1.807, 2.05) is 0 Å². The summed E-state index contributed by atoms with van der Waals surface area (Å²) >= 11 is 0. The first-order valence-corrected chi connectivity index (χ1v) is 8.17. The topological polar surface area (TPSA) is 12.0 Å². The van der Waals surface area contributed by atoms with Crippen molar-refractivity contribution in [1.82, 2.24) is 5.32 Å². The van der Waals surface area contributed by atoms with E-state index in [0.717, 1.165) is 6.54 Å². The Morgan fingerprint density at radius 2 is 1.50 bits per heavy atom. The Labute approximate surface area is 132 Å². The van der Waals surface area contributed by atoms with Gasteiger partial charge in [-0.05, 0) is 53.3 Å². The first-order valence-electron chi connectivity index (χ1n) is 8.17. The maximum absolute atomic E-state index is 3.70. The van der Waals surface area contributed by atoms with Crippen molar-refractivity contribution in [2.75, 3.05) is 6.54 Å². The minimum atomic E-state index is 0.462. The minimum Gasteiger partial charge on any atom is -0.310 e. The third-order valence-corrected chi connectivity index (χ3v) is 4.85. The monoisotopic (exact) mass is 287 g/mol. The van der Waals surface area contributed by atoms with Gasteiger partial charge in [-0.15, -0.1) is 0 Å². The molecule has 1 fully saturated rings. The van der Waals surface area contributed by atoms with Crippen molar-refractivity contribution in [3.05, 3.63) is 83.9 Å². The lowest BCUT2D eigenvalue weighted by atomic mass is 9.84. The highest BCUT2D eigenvalue weighted by Crippen LogP contribution is 2.34. The molecular formula is C21H21N. The van der Waals surface area contributed by atoms with Gasteiger partial charge in [0.15, 0.2) is 0 Å². The molecule has 0 radical (unpaired) electrons. The van der Waals surface area contributed by atoms with E-state index in [1.54, 1.807) is 0 Å². The highest BCUT2D eigenvalue weighted by molar-refractivity contribution is 5.83. The predicted octanol–water partition coefficient (Wildman–Crippen LogP) is 5.05. The van der Waals surface area contributed by atoms with E-state index in [1.165, 1.54) is 34.7 Å². The lowest BCUT2D eigenvalue weighted by Crippen LogP contribution is -2.30. The summed E-state index contributed by atoms with van der Waals surface area (Å²) in [6, 6.07) is 26.9. The molecule has 1 saturated heterocycles. The standard InChI is InChI=1S/C21H21N/c1-2-6-16(7-3-1)19-12-13-22-21(15-19)20-11-10-17-8-4-5-9-18(17)14-20/h1-11,14,19,21-22H,12-13,15H2. The van der Waals surface area contributed by atoms with Gasteiger partial charge in [-0.2, -0.15) is 0 Å². The quantitative estimate of drug-likeness (QED) is 0.695. The van der Waals surface area contributed by atoms with Crippen LogP contribution in [-0.2, 0) is 0 Å². The van der Waals surface area contributed by atoms with Crippen LogP contribution in [0.1, 0.15) is 35.9 Å². The molecule has 22 heavy (non-hydrogen) atoms. The smallest absolute Gasteiger partial charge is 0.0326 e. The highest BCUT2D eigenvalue weighted by atomic mass is 14.9. The second-order valence-corrected chi connectivity index (χ2v) is 6.25. The summed E-state index contributed by atoms with van der Waals surface area (Å²) in [6.07, 6.45) is 2.41. The highest BCUT2D eigenvalue weighted by Gasteiger charge is 2.23. The van der Waals surface area contributed by atoms with E-state index in [-0.39, 0.29) is 0 Å². The van der Waals surface area contributed by atoms with Gasteiger partial charge >= 0.3 is 0 Å². The molecule has 0 bridgehead atoms. The van der Waals surface area contributed by atoms with Gasteiger partial charge in [0, 0.05) is 6.04 Å². The molecule has 1 aliphatic rings. The van der Waals surface area contributed by atoms with Crippen LogP contribution in [0.2, 0.25) is 0 Å². The normalized spacial score (nSPS) is 21.8. The summed E-state index contributed by atoms with van der Waals surface area (Å²) in [5.41, 5.74) is 2.90. The minimum absolute atomic E-state index is 0.462. The molecule has 1 heteroatoms. The molecule has 0 aromatic heterocycles. The number of hydrogen-bond donors (Lipinski definition) is 1. The number of nitrogens with one attached hydrogen (secondary N) is 1. The average Bonchev–Trinajstić information content (AvgIpc) is 2.62. The first kappa shape index (κ1) is 13.5. The summed E-state index contributed by atoms with van der Waals surface area (Å²) in [5, 5.41) is 6.36. The van der Waals surface area contributed by atoms with Gasteiger partial charge in [-0.25, -0.2) is 0 Å². The summed E-state index contributed by atoms with van der Waals surface area (Å²) < 4.78 is 0. The Balaban J connectivity index is 1.61. The summed E-state index contributed by atoms with van der Waals surface area (Å²) in [5.74, 6) is 0.666. The van der Waals surface area contributed by atoms with Crippen molar-refractivity contribution in [3.8, 4) is 0 Å². The van der Waals surface area contributed by atoms with E-state index < -0.39 is 0 Å². The van der Waals surface area contributed by atoms with Gasteiger partial charge in [0.25, 0.3) is 0 Å². The Hall–Kier alpha value is -2.12. The molecule has 110 valence electrons. The van der Waals surface area contributed by atoms with Gasteiger partial charge in [0.2, 0.25) is 0 Å². The zero-order valence-electron chi connectivity index (χ0n) is 12.7. The zero-order chi connectivity index (χ0) is 14.8. The molecule has 3 aromatic rings. The Kier molecular flexibility index (Phi) is 3.65. The van der Waals surface area contributed by atoms with Gasteiger partial charge in [-0.1, -0.05) is 66.7 Å². The second kappa shape index (κ2) is 5.94. The van der Waals surface area contributed by atoms with Crippen LogP contribution in [0.15, 0.2) is 72.8 Å². The third-order valence-electron chi connectivity index (χ3n) is 4.85. The van der Waals surface area contributed by atoms with Crippen LogP contribution in [-0.4, -0.2) is 6.54 Å². The number of fused-ring (bicyclic) bond motifs is 1. The van der Waals surface area contributed by atoms with Crippen LogP contribution in [0.3, 0.4) is 0 Å². The van der Waals surface area contributed by atoms with Crippen molar-refractivity contribution < 1.29 is 0 Å². The fraction of sp³-hybridized carbons (Fsp3) is 0.238. The molecule has 1 nitrogen and oxygen atoms in total. The Morgan fingerprint density at radius 3 is 2.36 bits per heavy atom. The Bertz CT molecular complexity index is 763. The van der Waals surface area contributed by atoms with Crippen LogP contribution in [0.4, 0.5) is 0 Å². The molecule has 2 unspecified atom stereocenters. The summed E-state index contributed by atoms with van der Waals surface area (Å²) in [6.45, 7) is 1.09. The van der Waals surface area contributed by atoms with Crippen LogP contribution in [0, 0.1) is 0 Å². The molecular weight excluding hydrogens is 266 g/mol. The zero-order valence-corrected chi connectivity index (χ0v) is 12.7. The van der Waals surface area contributed by atoms with E-state index in [2.05, 4.69) is 78.1 Å². The SMILES string of the molecule is c1ccc(C2CCNC(c3ccc4ccccc4c3)C2)cc1. The van der Waals surface area contributed by atoms with Crippen molar-refractivity contribution >= 4 is 10.8 Å². The molecule has 4 rings (SSSR count). The number of hydrogen-bond acceptors (Lipinski definition) is 1. The fourth-order valence-electron chi connectivity index (χ4n) is 3.62. The number of rotatable bonds is 2. The first-order chi connectivity index (χ1) is 10.9. The van der Waals surface area contributed by atoms with Crippen molar-refractivity contribution in [3.63, 3.8) is 0 Å². The molecule has 0 saturated carbocycles. The predicted molar refractivity (Wildman–Crippen MR) is 93.1 cm³/mol. The third kappa shape index (κ3) is 2.65. The molecule has 0 aliphatic carbocycles. The Morgan fingerprint density at radius 1 is 0.727 bits per heavy atom. The average molecular weight is 287 g/mol. The van der Waals surface area contributed by atoms with Crippen LogP contribution >= 0.6 is 0 Å². The fourth-order valence-corrected chi connectivity index (χ4v) is 3.62. The summed E-state index contributed by atoms with van der Waals surface area (Å²) in [4.78, 5) is 0. The number of benzene rings is 3. The van der Waals surface area contributed by atoms with E-state index in [0.29, 0.717) is 12.0 Å². The van der Waals surface area contributed by atoms with E-state index in [4.69, 9.17) is 0 Å². The molecule has 3 aromatic carbocycles. The number of piperidine rings is 1. The van der Waals surface area contributed by atoms with Crippen LogP contribution < -0.4 is 5.32 Å². The molecule has 1 N–H and O–H groups in total. The lowest BCUT2D eigenvalue weighted by Gasteiger charge is -2.31. The van der Waals surface area contributed by atoms with Crippen molar-refractivity contribution in [2.45, 2.75) is 24.8 Å². The van der Waals surface area contributed by atoms with E-state index in [9.17, 15) is 0 Å². The van der Waals surface area contributed by atoms with E-state index >= 15 is 0 Å². The van der Waals surface area contributed by atoms with Crippen molar-refractivity contribution in [1.29, 1.82) is 0 Å². The molecule has 2 atom stereocenters. The van der Waals surface area contributed by atoms with Crippen molar-refractivity contribution in [2.24, 2.45) is 0 Å². The molecule has 0 spiro atoms. The molecule has 1 heterocycles. The van der Waals surface area contributed by atoms with Gasteiger partial charge in [0.05, 0.1) is 0 Å². The maximum Gasteiger partial charge on any atom is 0.0326 e.